The third-order valence-corrected chi connectivity index (χ3v) is 2.13. The molecule has 0 saturated heterocycles. The van der Waals surface area contributed by atoms with Crippen LogP contribution in [0.15, 0.2) is 17.6 Å². The van der Waals surface area contributed by atoms with E-state index in [1.807, 2.05) is 0 Å². The summed E-state index contributed by atoms with van der Waals surface area (Å²) in [6.45, 7) is 4.12. The van der Waals surface area contributed by atoms with Gasteiger partial charge in [0.05, 0.1) is 6.04 Å². The van der Waals surface area contributed by atoms with Crippen molar-refractivity contribution in [2.75, 3.05) is 6.61 Å². The molecule has 0 N–H and O–H groups in total. The van der Waals surface area contributed by atoms with Crippen LogP contribution in [0.25, 0.3) is 0 Å². The number of hydrogen-bond acceptors (Lipinski definition) is 2. The van der Waals surface area contributed by atoms with Crippen LogP contribution in [-0.2, 0) is 4.74 Å². The van der Waals surface area contributed by atoms with E-state index in [0.717, 1.165) is 0 Å². The highest BCUT2D eigenvalue weighted by atomic mass is 16.5. The van der Waals surface area contributed by atoms with Crippen LogP contribution in [0.3, 0.4) is 0 Å². The summed E-state index contributed by atoms with van der Waals surface area (Å²) in [6, 6.07) is 0.517. The van der Waals surface area contributed by atoms with Crippen molar-refractivity contribution in [3.05, 3.63) is 12.7 Å². The first-order chi connectivity index (χ1) is 5.93. The quantitative estimate of drug-likeness (QED) is 0.273. The van der Waals surface area contributed by atoms with Crippen LogP contribution in [-0.4, -0.2) is 19.0 Å². The zero-order valence-electron chi connectivity index (χ0n) is 7.54. The van der Waals surface area contributed by atoms with Crippen molar-refractivity contribution < 1.29 is 4.74 Å². The molecule has 2 nitrogen and oxygen atoms in total. The molecule has 68 valence electrons. The van der Waals surface area contributed by atoms with Crippen molar-refractivity contribution in [1.82, 2.24) is 0 Å². The summed E-state index contributed by atoms with van der Waals surface area (Å²) in [4.78, 5) is 4.33. The van der Waals surface area contributed by atoms with E-state index in [0.29, 0.717) is 12.6 Å². The molecule has 0 aliphatic heterocycles. The van der Waals surface area contributed by atoms with Crippen LogP contribution in [0.5, 0.6) is 0 Å². The molecule has 0 aromatic rings. The molecule has 1 fully saturated rings. The third kappa shape index (κ3) is 3.56. The molecular weight excluding hydrogens is 150 g/mol. The maximum absolute atomic E-state index is 5.08. The zero-order valence-corrected chi connectivity index (χ0v) is 7.54. The molecule has 0 radical (unpaired) electrons. The second-order valence-electron chi connectivity index (χ2n) is 3.17. The second-order valence-corrected chi connectivity index (χ2v) is 3.17. The summed E-state index contributed by atoms with van der Waals surface area (Å²) in [5.41, 5.74) is 0. The molecule has 0 spiro atoms. The Morgan fingerprint density at radius 3 is 2.75 bits per heavy atom. The Kier molecular flexibility index (Phi) is 4.50. The summed E-state index contributed by atoms with van der Waals surface area (Å²) in [5.74, 6) is 0. The van der Waals surface area contributed by atoms with Crippen LogP contribution >= 0.6 is 0 Å². The minimum atomic E-state index is 0.517. The van der Waals surface area contributed by atoms with Gasteiger partial charge in [0.2, 0.25) is 0 Å². The van der Waals surface area contributed by atoms with Gasteiger partial charge in [-0.25, -0.2) is 0 Å². The van der Waals surface area contributed by atoms with E-state index in [9.17, 15) is 0 Å². The lowest BCUT2D eigenvalue weighted by Crippen LogP contribution is -2.09. The van der Waals surface area contributed by atoms with E-state index < -0.39 is 0 Å². The fourth-order valence-corrected chi connectivity index (χ4v) is 1.47. The second kappa shape index (κ2) is 5.81. The van der Waals surface area contributed by atoms with Crippen LogP contribution in [0.2, 0.25) is 0 Å². The Morgan fingerprint density at radius 1 is 1.33 bits per heavy atom. The topological polar surface area (TPSA) is 21.6 Å². The highest BCUT2D eigenvalue weighted by molar-refractivity contribution is 5.46. The molecular formula is C10H17NO. The lowest BCUT2D eigenvalue weighted by atomic mass is 9.96. The third-order valence-electron chi connectivity index (χ3n) is 2.13. The number of aliphatic imine (C=N–C) groups is 1. The van der Waals surface area contributed by atoms with Gasteiger partial charge in [-0.15, -0.1) is 0 Å². The summed E-state index contributed by atoms with van der Waals surface area (Å²) in [6.07, 6.45) is 9.79. The van der Waals surface area contributed by atoms with Gasteiger partial charge in [-0.3, -0.25) is 4.99 Å². The van der Waals surface area contributed by atoms with Crippen LogP contribution in [0.1, 0.15) is 32.1 Å². The molecule has 1 rings (SSSR count). The normalized spacial score (nSPS) is 19.7. The lowest BCUT2D eigenvalue weighted by molar-refractivity contribution is 0.357. The summed E-state index contributed by atoms with van der Waals surface area (Å²) < 4.78 is 5.08. The summed E-state index contributed by atoms with van der Waals surface area (Å²) in [7, 11) is 0. The lowest BCUT2D eigenvalue weighted by Gasteiger charge is -2.16. The van der Waals surface area contributed by atoms with Gasteiger partial charge in [-0.05, 0) is 12.8 Å². The molecule has 0 amide bonds. The average molecular weight is 167 g/mol. The Labute approximate surface area is 74.3 Å². The first-order valence-electron chi connectivity index (χ1n) is 4.67. The smallest absolute Gasteiger partial charge is 0.170 e. The molecule has 1 saturated carbocycles. The average Bonchev–Trinajstić information content (AvgIpc) is 2.14. The van der Waals surface area contributed by atoms with Crippen LogP contribution < -0.4 is 0 Å². The maximum Gasteiger partial charge on any atom is 0.170 e. The van der Waals surface area contributed by atoms with E-state index in [1.165, 1.54) is 32.1 Å². The highest BCUT2D eigenvalue weighted by Crippen LogP contribution is 2.19. The first-order valence-corrected chi connectivity index (χ1v) is 4.67. The van der Waals surface area contributed by atoms with E-state index >= 15 is 0 Å². The monoisotopic (exact) mass is 167 g/mol. The van der Waals surface area contributed by atoms with Gasteiger partial charge >= 0.3 is 0 Å². The van der Waals surface area contributed by atoms with Gasteiger partial charge in [0.15, 0.2) is 6.40 Å². The molecule has 2 heteroatoms. The minimum Gasteiger partial charge on any atom is -0.479 e. The minimum absolute atomic E-state index is 0.517. The molecule has 0 bridgehead atoms. The standard InChI is InChI=1S/C10H17NO/c1-2-8-12-9-11-10-6-4-3-5-7-10/h2,9-10H,1,3-8H2. The molecule has 0 aromatic carbocycles. The molecule has 0 heterocycles. The zero-order chi connectivity index (χ0) is 8.65. The van der Waals surface area contributed by atoms with Crippen LogP contribution in [0.4, 0.5) is 0 Å². The van der Waals surface area contributed by atoms with Crippen LogP contribution in [0, 0.1) is 0 Å². The molecule has 12 heavy (non-hydrogen) atoms. The van der Waals surface area contributed by atoms with E-state index in [2.05, 4.69) is 11.6 Å². The predicted molar refractivity (Wildman–Crippen MR) is 51.5 cm³/mol. The Hall–Kier alpha value is -0.790. The maximum atomic E-state index is 5.08. The van der Waals surface area contributed by atoms with E-state index in [4.69, 9.17) is 4.74 Å². The first kappa shape index (κ1) is 9.30. The number of ether oxygens (including phenoxy) is 1. The van der Waals surface area contributed by atoms with E-state index in [-0.39, 0.29) is 0 Å². The fourth-order valence-electron chi connectivity index (χ4n) is 1.47. The van der Waals surface area contributed by atoms with Gasteiger partial charge in [0.25, 0.3) is 0 Å². The van der Waals surface area contributed by atoms with Gasteiger partial charge in [0, 0.05) is 0 Å². The van der Waals surface area contributed by atoms with Gasteiger partial charge in [0.1, 0.15) is 6.61 Å². The SMILES string of the molecule is C=CCOC=NC1CCCCC1. The van der Waals surface area contributed by atoms with Crippen molar-refractivity contribution in [3.8, 4) is 0 Å². The largest absolute Gasteiger partial charge is 0.479 e. The molecule has 1 aliphatic carbocycles. The van der Waals surface area contributed by atoms with E-state index in [1.54, 1.807) is 12.5 Å². The van der Waals surface area contributed by atoms with Crippen molar-refractivity contribution in [1.29, 1.82) is 0 Å². The summed E-state index contributed by atoms with van der Waals surface area (Å²) >= 11 is 0. The van der Waals surface area contributed by atoms with Crippen molar-refractivity contribution in [2.45, 2.75) is 38.1 Å². The molecule has 0 unspecified atom stereocenters. The predicted octanol–water partition coefficient (Wildman–Crippen LogP) is 2.55. The van der Waals surface area contributed by atoms with Crippen molar-refractivity contribution in [3.63, 3.8) is 0 Å². The van der Waals surface area contributed by atoms with Crippen molar-refractivity contribution >= 4 is 6.40 Å². The Morgan fingerprint density at radius 2 is 2.08 bits per heavy atom. The number of nitrogens with zero attached hydrogens (tertiary/aromatic N) is 1. The van der Waals surface area contributed by atoms with Crippen molar-refractivity contribution in [2.24, 2.45) is 4.99 Å². The molecule has 0 aromatic heterocycles. The molecule has 0 atom stereocenters. The number of hydrogen-bond donors (Lipinski definition) is 0. The van der Waals surface area contributed by atoms with Gasteiger partial charge in [-0.1, -0.05) is 31.9 Å². The number of rotatable bonds is 4. The molecule has 1 aliphatic rings. The van der Waals surface area contributed by atoms with Gasteiger partial charge < -0.3 is 4.74 Å². The fraction of sp³-hybridized carbons (Fsp3) is 0.700. The Bertz CT molecular complexity index is 148. The Balaban J connectivity index is 2.10. The summed E-state index contributed by atoms with van der Waals surface area (Å²) in [5, 5.41) is 0. The van der Waals surface area contributed by atoms with Gasteiger partial charge in [-0.2, -0.15) is 0 Å². The highest BCUT2D eigenvalue weighted by Gasteiger charge is 2.10.